The Balaban J connectivity index is 1.51. The van der Waals surface area contributed by atoms with Crippen molar-refractivity contribution in [3.05, 3.63) is 29.8 Å². The number of likely N-dealkylation sites (tertiary alicyclic amines) is 1. The van der Waals surface area contributed by atoms with Crippen LogP contribution in [0.3, 0.4) is 0 Å². The molecular formula is C17H21F3N2O3. The fourth-order valence-electron chi connectivity index (χ4n) is 3.62. The summed E-state index contributed by atoms with van der Waals surface area (Å²) < 4.78 is 45.9. The molecule has 0 bridgehead atoms. The Labute approximate surface area is 144 Å². The number of aryl methyl sites for hydroxylation is 1. The zero-order valence-electron chi connectivity index (χ0n) is 13.9. The third-order valence-corrected chi connectivity index (χ3v) is 5.00. The van der Waals surface area contributed by atoms with E-state index in [0.717, 1.165) is 18.7 Å². The van der Waals surface area contributed by atoms with Gasteiger partial charge in [-0.2, -0.15) is 0 Å². The van der Waals surface area contributed by atoms with E-state index in [2.05, 4.69) is 10.1 Å². The van der Waals surface area contributed by atoms with Crippen molar-refractivity contribution in [1.29, 1.82) is 0 Å². The average Bonchev–Trinajstić information content (AvgIpc) is 3.10. The molecule has 1 N–H and O–H groups in total. The molecule has 2 atom stereocenters. The van der Waals surface area contributed by atoms with Gasteiger partial charge in [-0.3, -0.25) is 4.79 Å². The van der Waals surface area contributed by atoms with Crippen molar-refractivity contribution in [2.75, 3.05) is 33.3 Å². The maximum atomic E-state index is 12.4. The quantitative estimate of drug-likeness (QED) is 0.874. The number of methoxy groups -OCH3 is 1. The van der Waals surface area contributed by atoms with Crippen LogP contribution in [-0.4, -0.2) is 56.1 Å². The van der Waals surface area contributed by atoms with E-state index in [9.17, 15) is 18.0 Å². The molecule has 0 spiro atoms. The zero-order valence-corrected chi connectivity index (χ0v) is 13.9. The van der Waals surface area contributed by atoms with Gasteiger partial charge >= 0.3 is 6.36 Å². The van der Waals surface area contributed by atoms with Crippen molar-refractivity contribution >= 4 is 5.91 Å². The number of nitrogens with one attached hydrogen (secondary N) is 1. The maximum absolute atomic E-state index is 12.4. The van der Waals surface area contributed by atoms with Gasteiger partial charge < -0.3 is 19.7 Å². The van der Waals surface area contributed by atoms with Gasteiger partial charge in [0.05, 0.1) is 6.54 Å². The Bertz CT molecular complexity index is 621. The Kier molecular flexibility index (Phi) is 4.92. The van der Waals surface area contributed by atoms with Gasteiger partial charge in [-0.05, 0) is 24.1 Å². The molecule has 2 aliphatic heterocycles. The lowest BCUT2D eigenvalue weighted by atomic mass is 9.95. The van der Waals surface area contributed by atoms with Crippen LogP contribution in [0.15, 0.2) is 24.3 Å². The highest BCUT2D eigenvalue weighted by Gasteiger charge is 2.51. The topological polar surface area (TPSA) is 50.8 Å². The largest absolute Gasteiger partial charge is 0.573 e. The normalized spacial score (nSPS) is 25.9. The van der Waals surface area contributed by atoms with Gasteiger partial charge in [-0.1, -0.05) is 12.1 Å². The number of carbonyl (C=O) groups excluding carboxylic acids is 1. The Morgan fingerprint density at radius 2 is 2.08 bits per heavy atom. The van der Waals surface area contributed by atoms with E-state index < -0.39 is 6.36 Å². The van der Waals surface area contributed by atoms with Gasteiger partial charge in [0.2, 0.25) is 5.91 Å². The number of amides is 1. The summed E-state index contributed by atoms with van der Waals surface area (Å²) in [4.78, 5) is 14.3. The number of alkyl halides is 3. The molecule has 5 nitrogen and oxygen atoms in total. The summed E-state index contributed by atoms with van der Waals surface area (Å²) in [7, 11) is 1.68. The number of halogens is 3. The summed E-state index contributed by atoms with van der Waals surface area (Å²) in [5.74, 6) is 0.0891. The minimum absolute atomic E-state index is 0.0430. The summed E-state index contributed by atoms with van der Waals surface area (Å²) in [6.45, 7) is 2.85. The molecule has 1 aromatic rings. The molecule has 0 aliphatic carbocycles. The highest BCUT2D eigenvalue weighted by molar-refractivity contribution is 5.77. The predicted octanol–water partition coefficient (Wildman–Crippen LogP) is 1.96. The van der Waals surface area contributed by atoms with Crippen LogP contribution < -0.4 is 10.1 Å². The molecule has 2 fully saturated rings. The first kappa shape index (κ1) is 18.0. The molecule has 2 aliphatic rings. The number of benzene rings is 1. The van der Waals surface area contributed by atoms with Gasteiger partial charge in [0.25, 0.3) is 0 Å². The molecule has 0 saturated carbocycles. The number of rotatable bonds is 5. The van der Waals surface area contributed by atoms with Crippen LogP contribution in [0.25, 0.3) is 0 Å². The van der Waals surface area contributed by atoms with Crippen LogP contribution in [-0.2, 0) is 16.0 Å². The van der Waals surface area contributed by atoms with Gasteiger partial charge in [-0.15, -0.1) is 13.2 Å². The zero-order chi connectivity index (χ0) is 18.1. The second kappa shape index (κ2) is 6.84. The van der Waals surface area contributed by atoms with Crippen molar-refractivity contribution in [3.8, 4) is 5.75 Å². The molecular weight excluding hydrogens is 337 g/mol. The van der Waals surface area contributed by atoms with Gasteiger partial charge in [0.1, 0.15) is 11.4 Å². The Morgan fingerprint density at radius 3 is 2.68 bits per heavy atom. The van der Waals surface area contributed by atoms with Crippen molar-refractivity contribution in [1.82, 2.24) is 10.2 Å². The van der Waals surface area contributed by atoms with Crippen LogP contribution >= 0.6 is 0 Å². The number of carbonyl (C=O) groups is 1. The molecule has 3 rings (SSSR count). The van der Waals surface area contributed by atoms with Crippen LogP contribution in [0.2, 0.25) is 0 Å². The lowest BCUT2D eigenvalue weighted by molar-refractivity contribution is -0.274. The molecule has 1 amide bonds. The SMILES string of the molecule is COC12CNCC1CN(C(=O)CCc1ccc(OC(F)(F)F)cc1)C2. The monoisotopic (exact) mass is 358 g/mol. The highest BCUT2D eigenvalue weighted by Crippen LogP contribution is 2.34. The van der Waals surface area contributed by atoms with Gasteiger partial charge in [0.15, 0.2) is 0 Å². The summed E-state index contributed by atoms with van der Waals surface area (Å²) in [5.41, 5.74) is 0.511. The predicted molar refractivity (Wildman–Crippen MR) is 84.1 cm³/mol. The molecule has 2 heterocycles. The van der Waals surface area contributed by atoms with E-state index in [0.29, 0.717) is 31.8 Å². The minimum atomic E-state index is -4.70. The lowest BCUT2D eigenvalue weighted by Gasteiger charge is -2.26. The number of nitrogens with zero attached hydrogens (tertiary/aromatic N) is 1. The maximum Gasteiger partial charge on any atom is 0.573 e. The molecule has 2 saturated heterocycles. The lowest BCUT2D eigenvalue weighted by Crippen LogP contribution is -2.42. The van der Waals surface area contributed by atoms with E-state index in [4.69, 9.17) is 4.74 Å². The summed E-state index contributed by atoms with van der Waals surface area (Å²) in [5, 5.41) is 3.30. The van der Waals surface area contributed by atoms with Gasteiger partial charge in [-0.25, -0.2) is 0 Å². The standard InChI is InChI=1S/C17H21F3N2O3/c1-24-16-10-21-8-13(16)9-22(11-16)15(23)7-4-12-2-5-14(6-3-12)25-17(18,19)20/h2-3,5-6,13,21H,4,7-11H2,1H3. The van der Waals surface area contributed by atoms with Crippen molar-refractivity contribution in [3.63, 3.8) is 0 Å². The molecule has 8 heteroatoms. The summed E-state index contributed by atoms with van der Waals surface area (Å²) in [6.07, 6.45) is -3.90. The van der Waals surface area contributed by atoms with Crippen LogP contribution in [0, 0.1) is 5.92 Å². The molecule has 1 aromatic carbocycles. The first-order valence-corrected chi connectivity index (χ1v) is 8.20. The van der Waals surface area contributed by atoms with E-state index in [1.54, 1.807) is 19.2 Å². The fourth-order valence-corrected chi connectivity index (χ4v) is 3.62. The first-order chi connectivity index (χ1) is 11.8. The van der Waals surface area contributed by atoms with Crippen LogP contribution in [0.4, 0.5) is 13.2 Å². The molecule has 0 radical (unpaired) electrons. The molecule has 2 unspecified atom stereocenters. The minimum Gasteiger partial charge on any atom is -0.406 e. The second-order valence-corrected chi connectivity index (χ2v) is 6.56. The third kappa shape index (κ3) is 4.07. The van der Waals surface area contributed by atoms with Crippen LogP contribution in [0.1, 0.15) is 12.0 Å². The van der Waals surface area contributed by atoms with E-state index >= 15 is 0 Å². The number of ether oxygens (including phenoxy) is 2. The summed E-state index contributed by atoms with van der Waals surface area (Å²) in [6, 6.07) is 5.62. The van der Waals surface area contributed by atoms with E-state index in [1.165, 1.54) is 12.1 Å². The van der Waals surface area contributed by atoms with Crippen molar-refractivity contribution in [2.45, 2.75) is 24.8 Å². The number of hydrogen-bond donors (Lipinski definition) is 1. The average molecular weight is 358 g/mol. The Hall–Kier alpha value is -1.80. The molecule has 138 valence electrons. The van der Waals surface area contributed by atoms with E-state index in [-0.39, 0.29) is 17.3 Å². The smallest absolute Gasteiger partial charge is 0.406 e. The number of fused-ring (bicyclic) bond motifs is 1. The van der Waals surface area contributed by atoms with Crippen LogP contribution in [0.5, 0.6) is 5.75 Å². The fraction of sp³-hybridized carbons (Fsp3) is 0.588. The van der Waals surface area contributed by atoms with Crippen molar-refractivity contribution in [2.24, 2.45) is 5.92 Å². The number of hydrogen-bond acceptors (Lipinski definition) is 4. The molecule has 0 aromatic heterocycles. The summed E-state index contributed by atoms with van der Waals surface area (Å²) >= 11 is 0. The van der Waals surface area contributed by atoms with E-state index in [1.807, 2.05) is 4.90 Å². The third-order valence-electron chi connectivity index (χ3n) is 5.00. The highest BCUT2D eigenvalue weighted by atomic mass is 19.4. The first-order valence-electron chi connectivity index (χ1n) is 8.20. The van der Waals surface area contributed by atoms with Crippen molar-refractivity contribution < 1.29 is 27.4 Å². The molecule has 25 heavy (non-hydrogen) atoms. The Morgan fingerprint density at radius 1 is 1.36 bits per heavy atom. The van der Waals surface area contributed by atoms with Gasteiger partial charge in [0, 0.05) is 39.1 Å². The second-order valence-electron chi connectivity index (χ2n) is 6.56.